The summed E-state index contributed by atoms with van der Waals surface area (Å²) in [5.41, 5.74) is 0. The molecule has 0 aromatic heterocycles. The van der Waals surface area contributed by atoms with Gasteiger partial charge in [0.15, 0.2) is 0 Å². The van der Waals surface area contributed by atoms with Gasteiger partial charge in [-0.1, -0.05) is 58.3 Å². The van der Waals surface area contributed by atoms with Crippen LogP contribution in [0.5, 0.6) is 0 Å². The molecule has 0 aromatic rings. The quantitative estimate of drug-likeness (QED) is 0.501. The van der Waals surface area contributed by atoms with Gasteiger partial charge in [0.05, 0.1) is 0 Å². The molecule has 1 saturated heterocycles. The maximum atomic E-state index is 12.1. The molecule has 0 bridgehead atoms. The highest BCUT2D eigenvalue weighted by Gasteiger charge is 2.47. The summed E-state index contributed by atoms with van der Waals surface area (Å²) in [7, 11) is -4.16. The number of nitrogens with one attached hydrogen (secondary N) is 1. The molecule has 0 aromatic carbocycles. The van der Waals surface area contributed by atoms with Crippen molar-refractivity contribution in [2.24, 2.45) is 5.92 Å². The summed E-state index contributed by atoms with van der Waals surface area (Å²) in [4.78, 5) is 19.8. The van der Waals surface area contributed by atoms with Crippen molar-refractivity contribution in [2.75, 3.05) is 6.54 Å². The molecule has 1 heterocycles. The highest BCUT2D eigenvalue weighted by atomic mass is 31.2. The summed E-state index contributed by atoms with van der Waals surface area (Å²) >= 11 is 0. The van der Waals surface area contributed by atoms with Gasteiger partial charge in [0.1, 0.15) is 5.28 Å². The fraction of sp³-hybridized carbons (Fsp3) is 1.00. The number of unbranched alkanes of at least 4 members (excludes halogenated alkanes) is 3. The third kappa shape index (κ3) is 6.02. The van der Waals surface area contributed by atoms with Crippen LogP contribution in [-0.2, 0) is 4.57 Å². The van der Waals surface area contributed by atoms with Gasteiger partial charge in [-0.15, -0.1) is 0 Å². The van der Waals surface area contributed by atoms with Crippen LogP contribution in [0.25, 0.3) is 0 Å². The Morgan fingerprint density at radius 2 is 1.76 bits per heavy atom. The van der Waals surface area contributed by atoms with Crippen molar-refractivity contribution in [3.63, 3.8) is 0 Å². The van der Waals surface area contributed by atoms with Gasteiger partial charge in [0, 0.05) is 0 Å². The van der Waals surface area contributed by atoms with Gasteiger partial charge < -0.3 is 15.1 Å². The number of hydrogen-bond donors (Lipinski definition) is 3. The normalized spacial score (nSPS) is 29.2. The maximum Gasteiger partial charge on any atom is 0.345 e. The van der Waals surface area contributed by atoms with Gasteiger partial charge in [-0.05, 0) is 38.6 Å². The largest absolute Gasteiger partial charge is 0.345 e. The first-order chi connectivity index (χ1) is 9.92. The Labute approximate surface area is 130 Å². The van der Waals surface area contributed by atoms with E-state index in [4.69, 9.17) is 0 Å². The SMILES string of the molecule is CCCCCCC1CCCCCCCNC1(C)P(=O)(O)O. The molecular weight excluding hydrogens is 285 g/mol. The minimum Gasteiger partial charge on any atom is -0.323 e. The van der Waals surface area contributed by atoms with Crippen molar-refractivity contribution >= 4 is 7.60 Å². The molecule has 5 heteroatoms. The van der Waals surface area contributed by atoms with Gasteiger partial charge in [0.25, 0.3) is 0 Å². The Kier molecular flexibility index (Phi) is 8.48. The molecule has 1 rings (SSSR count). The van der Waals surface area contributed by atoms with Crippen molar-refractivity contribution in [2.45, 2.75) is 89.8 Å². The van der Waals surface area contributed by atoms with E-state index in [9.17, 15) is 14.4 Å². The second kappa shape index (κ2) is 9.29. The lowest BCUT2D eigenvalue weighted by molar-refractivity contribution is 0.214. The summed E-state index contributed by atoms with van der Waals surface area (Å²) in [5, 5.41) is 2.19. The first-order valence-corrected chi connectivity index (χ1v) is 10.3. The highest BCUT2D eigenvalue weighted by Crippen LogP contribution is 2.55. The van der Waals surface area contributed by atoms with Gasteiger partial charge in [-0.3, -0.25) is 4.57 Å². The van der Waals surface area contributed by atoms with E-state index in [1.165, 1.54) is 32.1 Å². The molecule has 1 aliphatic rings. The molecule has 0 amide bonds. The summed E-state index contributed by atoms with van der Waals surface area (Å²) in [6.07, 6.45) is 12.2. The average Bonchev–Trinajstić information content (AvgIpc) is 2.42. The molecule has 0 radical (unpaired) electrons. The number of rotatable bonds is 6. The highest BCUT2D eigenvalue weighted by molar-refractivity contribution is 7.53. The van der Waals surface area contributed by atoms with Gasteiger partial charge in [-0.25, -0.2) is 0 Å². The first-order valence-electron chi connectivity index (χ1n) is 8.72. The van der Waals surface area contributed by atoms with E-state index in [2.05, 4.69) is 12.2 Å². The fourth-order valence-corrected chi connectivity index (χ4v) is 4.45. The van der Waals surface area contributed by atoms with Gasteiger partial charge >= 0.3 is 7.60 Å². The van der Waals surface area contributed by atoms with E-state index in [0.29, 0.717) is 6.54 Å². The molecule has 0 saturated carbocycles. The fourth-order valence-electron chi connectivity index (χ4n) is 3.40. The maximum absolute atomic E-state index is 12.1. The summed E-state index contributed by atoms with van der Waals surface area (Å²) in [5.74, 6) is 0.0771. The van der Waals surface area contributed by atoms with Crippen LogP contribution < -0.4 is 5.32 Å². The molecule has 4 nitrogen and oxygen atoms in total. The van der Waals surface area contributed by atoms with Crippen LogP contribution >= 0.6 is 7.60 Å². The van der Waals surface area contributed by atoms with E-state index in [1.54, 1.807) is 6.92 Å². The van der Waals surface area contributed by atoms with E-state index in [-0.39, 0.29) is 5.92 Å². The third-order valence-corrected chi connectivity index (χ3v) is 6.75. The van der Waals surface area contributed by atoms with Gasteiger partial charge in [0.2, 0.25) is 0 Å². The second-order valence-corrected chi connectivity index (χ2v) is 8.74. The minimum atomic E-state index is -4.16. The van der Waals surface area contributed by atoms with E-state index in [1.807, 2.05) is 0 Å². The zero-order valence-electron chi connectivity index (χ0n) is 13.8. The third-order valence-electron chi connectivity index (χ3n) is 5.02. The molecule has 126 valence electrons. The topological polar surface area (TPSA) is 69.6 Å². The van der Waals surface area contributed by atoms with Crippen LogP contribution in [0.15, 0.2) is 0 Å². The predicted molar refractivity (Wildman–Crippen MR) is 88.4 cm³/mol. The van der Waals surface area contributed by atoms with Crippen LogP contribution in [0.3, 0.4) is 0 Å². The molecular formula is C16H34NO3P. The summed E-state index contributed by atoms with van der Waals surface area (Å²) in [6, 6.07) is 0. The van der Waals surface area contributed by atoms with Crippen molar-refractivity contribution in [3.8, 4) is 0 Å². The Morgan fingerprint density at radius 3 is 2.43 bits per heavy atom. The van der Waals surface area contributed by atoms with Crippen molar-refractivity contribution in [1.82, 2.24) is 5.32 Å². The lowest BCUT2D eigenvalue weighted by Crippen LogP contribution is -2.49. The van der Waals surface area contributed by atoms with Crippen LogP contribution in [-0.4, -0.2) is 21.6 Å². The first kappa shape index (κ1) is 19.2. The van der Waals surface area contributed by atoms with Crippen LogP contribution in [0, 0.1) is 5.92 Å². The summed E-state index contributed by atoms with van der Waals surface area (Å²) < 4.78 is 12.1. The predicted octanol–water partition coefficient (Wildman–Crippen LogP) is 4.41. The average molecular weight is 319 g/mol. The molecule has 21 heavy (non-hydrogen) atoms. The zero-order valence-corrected chi connectivity index (χ0v) is 14.7. The minimum absolute atomic E-state index is 0.0771. The smallest absolute Gasteiger partial charge is 0.323 e. The lowest BCUT2D eigenvalue weighted by atomic mass is 9.87. The Hall–Kier alpha value is 0.110. The van der Waals surface area contributed by atoms with E-state index >= 15 is 0 Å². The molecule has 1 aliphatic heterocycles. The molecule has 0 aliphatic carbocycles. The molecule has 3 N–H and O–H groups in total. The van der Waals surface area contributed by atoms with E-state index in [0.717, 1.165) is 38.5 Å². The van der Waals surface area contributed by atoms with Crippen LogP contribution in [0.2, 0.25) is 0 Å². The monoisotopic (exact) mass is 319 g/mol. The second-order valence-electron chi connectivity index (χ2n) is 6.72. The van der Waals surface area contributed by atoms with Crippen molar-refractivity contribution < 1.29 is 14.4 Å². The van der Waals surface area contributed by atoms with Crippen molar-refractivity contribution in [3.05, 3.63) is 0 Å². The van der Waals surface area contributed by atoms with E-state index < -0.39 is 12.9 Å². The molecule has 2 unspecified atom stereocenters. The Balaban J connectivity index is 2.76. The van der Waals surface area contributed by atoms with Gasteiger partial charge in [-0.2, -0.15) is 0 Å². The standard InChI is InChI=1S/C16H34NO3P/c1-3-4-5-9-12-15-13-10-7-6-8-11-14-17-16(15,2)21(18,19)20/h15,17H,3-14H2,1-2H3,(H2,18,19,20). The van der Waals surface area contributed by atoms with Crippen LogP contribution in [0.1, 0.15) is 84.5 Å². The molecule has 1 fully saturated rings. The number of hydrogen-bond acceptors (Lipinski definition) is 2. The lowest BCUT2D eigenvalue weighted by Gasteiger charge is -2.40. The molecule has 0 spiro atoms. The van der Waals surface area contributed by atoms with Crippen molar-refractivity contribution in [1.29, 1.82) is 0 Å². The Morgan fingerprint density at radius 1 is 1.10 bits per heavy atom. The molecule has 2 atom stereocenters. The zero-order chi connectivity index (χ0) is 15.8. The van der Waals surface area contributed by atoms with Crippen LogP contribution in [0.4, 0.5) is 0 Å². The Bertz CT molecular complexity index is 331. The summed E-state index contributed by atoms with van der Waals surface area (Å²) in [6.45, 7) is 4.65.